The molecule has 0 bridgehead atoms. The summed E-state index contributed by atoms with van der Waals surface area (Å²) in [6.07, 6.45) is 0. The number of amides is 1. The van der Waals surface area contributed by atoms with Crippen molar-refractivity contribution in [3.05, 3.63) is 85.9 Å². The van der Waals surface area contributed by atoms with Crippen molar-refractivity contribution in [2.45, 2.75) is 13.0 Å². The third-order valence-electron chi connectivity index (χ3n) is 6.07. The molecule has 1 N–H and O–H groups in total. The van der Waals surface area contributed by atoms with E-state index in [1.807, 2.05) is 0 Å². The van der Waals surface area contributed by atoms with E-state index in [9.17, 15) is 14.7 Å². The number of rotatable bonds is 6. The van der Waals surface area contributed by atoms with Crippen LogP contribution in [0.4, 0.5) is 5.69 Å². The molecule has 1 heterocycles. The van der Waals surface area contributed by atoms with Crippen LogP contribution in [0.25, 0.3) is 5.76 Å². The average molecular weight is 563 g/mol. The van der Waals surface area contributed by atoms with E-state index in [1.54, 1.807) is 43.3 Å². The van der Waals surface area contributed by atoms with E-state index in [2.05, 4.69) is 0 Å². The Morgan fingerprint density at radius 3 is 2.11 bits per heavy atom. The van der Waals surface area contributed by atoms with Gasteiger partial charge in [0.25, 0.3) is 11.7 Å². The maximum absolute atomic E-state index is 13.5. The number of halogens is 3. The first-order chi connectivity index (χ1) is 17.6. The van der Waals surface area contributed by atoms with E-state index in [0.717, 1.165) is 0 Å². The monoisotopic (exact) mass is 561 g/mol. The van der Waals surface area contributed by atoms with Gasteiger partial charge < -0.3 is 19.3 Å². The number of ether oxygens (including phenoxy) is 3. The Hall–Kier alpha value is -3.39. The number of anilines is 1. The van der Waals surface area contributed by atoms with Gasteiger partial charge in [0.2, 0.25) is 0 Å². The van der Waals surface area contributed by atoms with E-state index in [4.69, 9.17) is 49.0 Å². The maximum Gasteiger partial charge on any atom is 0.300 e. The van der Waals surface area contributed by atoms with Gasteiger partial charge in [0.1, 0.15) is 5.76 Å². The molecule has 1 aliphatic heterocycles. The van der Waals surface area contributed by atoms with Crippen molar-refractivity contribution in [3.63, 3.8) is 0 Å². The van der Waals surface area contributed by atoms with Crippen LogP contribution in [0.15, 0.2) is 54.1 Å². The third kappa shape index (κ3) is 4.70. The summed E-state index contributed by atoms with van der Waals surface area (Å²) in [5.74, 6) is -1.13. The van der Waals surface area contributed by atoms with Gasteiger partial charge in [0, 0.05) is 16.3 Å². The third-order valence-corrected chi connectivity index (χ3v) is 6.87. The summed E-state index contributed by atoms with van der Waals surface area (Å²) in [5, 5.41) is 12.0. The number of hydrogen-bond acceptors (Lipinski definition) is 6. The van der Waals surface area contributed by atoms with Gasteiger partial charge in [0.05, 0.1) is 43.0 Å². The zero-order valence-corrected chi connectivity index (χ0v) is 22.5. The Labute approximate surface area is 228 Å². The van der Waals surface area contributed by atoms with Crippen molar-refractivity contribution in [2.24, 2.45) is 0 Å². The van der Waals surface area contributed by atoms with Gasteiger partial charge in [-0.2, -0.15) is 0 Å². The lowest BCUT2D eigenvalue weighted by Gasteiger charge is -2.27. The second kappa shape index (κ2) is 10.5. The van der Waals surface area contributed by atoms with E-state index in [0.29, 0.717) is 33.3 Å². The molecule has 4 rings (SSSR count). The Kier molecular flexibility index (Phi) is 7.59. The quantitative estimate of drug-likeness (QED) is 0.207. The molecule has 0 spiro atoms. The summed E-state index contributed by atoms with van der Waals surface area (Å²) >= 11 is 18.8. The molecule has 3 aromatic rings. The molecule has 1 amide bonds. The first kappa shape index (κ1) is 26.7. The molecular formula is C27H22Cl3NO6. The number of aliphatic hydroxyl groups is 1. The molecule has 1 atom stereocenters. The number of methoxy groups -OCH3 is 3. The molecule has 0 saturated carbocycles. The summed E-state index contributed by atoms with van der Waals surface area (Å²) < 4.78 is 16.0. The molecule has 1 fully saturated rings. The van der Waals surface area contributed by atoms with Crippen LogP contribution in [0.2, 0.25) is 15.1 Å². The molecule has 0 radical (unpaired) electrons. The highest BCUT2D eigenvalue weighted by Crippen LogP contribution is 2.46. The minimum absolute atomic E-state index is 0.124. The number of aliphatic hydroxyl groups excluding tert-OH is 1. The number of ketones is 1. The zero-order chi connectivity index (χ0) is 27.0. The second-order valence-electron chi connectivity index (χ2n) is 8.19. The van der Waals surface area contributed by atoms with Gasteiger partial charge in [-0.05, 0) is 54.4 Å². The lowest BCUT2D eigenvalue weighted by molar-refractivity contribution is -0.132. The van der Waals surface area contributed by atoms with Crippen LogP contribution in [0.1, 0.15) is 22.7 Å². The fourth-order valence-corrected chi connectivity index (χ4v) is 5.12. The highest BCUT2D eigenvalue weighted by atomic mass is 35.5. The van der Waals surface area contributed by atoms with Crippen LogP contribution in [0.5, 0.6) is 17.2 Å². The lowest BCUT2D eigenvalue weighted by Crippen LogP contribution is -2.30. The van der Waals surface area contributed by atoms with Crippen LogP contribution in [0, 0.1) is 6.92 Å². The molecule has 0 aliphatic carbocycles. The first-order valence-corrected chi connectivity index (χ1v) is 12.1. The first-order valence-electron chi connectivity index (χ1n) is 10.9. The van der Waals surface area contributed by atoms with Gasteiger partial charge in [-0.15, -0.1) is 0 Å². The van der Waals surface area contributed by atoms with Gasteiger partial charge in [-0.3, -0.25) is 14.5 Å². The summed E-state index contributed by atoms with van der Waals surface area (Å²) in [6.45, 7) is 1.79. The summed E-state index contributed by atoms with van der Waals surface area (Å²) in [6, 6.07) is 11.8. The fourth-order valence-electron chi connectivity index (χ4n) is 4.31. The maximum atomic E-state index is 13.5. The zero-order valence-electron chi connectivity index (χ0n) is 20.3. The number of aryl methyl sites for hydroxylation is 1. The largest absolute Gasteiger partial charge is 0.507 e. The topological polar surface area (TPSA) is 85.3 Å². The smallest absolute Gasteiger partial charge is 0.300 e. The van der Waals surface area contributed by atoms with E-state index >= 15 is 0 Å². The normalized spacial score (nSPS) is 16.7. The summed E-state index contributed by atoms with van der Waals surface area (Å²) in [4.78, 5) is 28.2. The van der Waals surface area contributed by atoms with E-state index in [-0.39, 0.29) is 26.9 Å². The number of carbonyl (C=O) groups excluding carboxylic acids is 2. The Morgan fingerprint density at radius 1 is 0.865 bits per heavy atom. The van der Waals surface area contributed by atoms with Crippen molar-refractivity contribution in [1.29, 1.82) is 0 Å². The van der Waals surface area contributed by atoms with Gasteiger partial charge in [0.15, 0.2) is 17.2 Å². The van der Waals surface area contributed by atoms with Crippen molar-refractivity contribution in [2.75, 3.05) is 26.2 Å². The van der Waals surface area contributed by atoms with E-state index < -0.39 is 23.5 Å². The number of carbonyl (C=O) groups is 2. The van der Waals surface area contributed by atoms with Crippen molar-refractivity contribution < 1.29 is 28.9 Å². The lowest BCUT2D eigenvalue weighted by atomic mass is 9.94. The minimum Gasteiger partial charge on any atom is -0.507 e. The fraction of sp³-hybridized carbons (Fsp3) is 0.185. The molecule has 1 unspecified atom stereocenters. The Balaban J connectivity index is 2.02. The molecule has 7 nitrogen and oxygen atoms in total. The standard InChI is InChI=1S/C27H22Cl3NO6/c1-13-5-7-16(28)12-19(13)31-23(14-6-8-20(35-2)21(11-14)36-3)22(25(33)27(31)34)24(32)15-9-17(29)26(37-4)18(30)10-15/h5-12,23,32H,1-4H3/b24-22+. The highest BCUT2D eigenvalue weighted by molar-refractivity contribution is 6.52. The average Bonchev–Trinajstić information content (AvgIpc) is 3.14. The van der Waals surface area contributed by atoms with Crippen LogP contribution in [0.3, 0.4) is 0 Å². The van der Waals surface area contributed by atoms with E-state index in [1.165, 1.54) is 38.4 Å². The Morgan fingerprint density at radius 2 is 1.51 bits per heavy atom. The highest BCUT2D eigenvalue weighted by Gasteiger charge is 2.47. The van der Waals surface area contributed by atoms with Crippen LogP contribution in [-0.4, -0.2) is 38.1 Å². The molecule has 0 aromatic heterocycles. The summed E-state index contributed by atoms with van der Waals surface area (Å²) in [7, 11) is 4.37. The predicted molar refractivity (Wildman–Crippen MR) is 144 cm³/mol. The number of Topliss-reactive ketones (excluding diaryl/α,β-unsaturated/α-hetero) is 1. The predicted octanol–water partition coefficient (Wildman–Crippen LogP) is 6.61. The van der Waals surface area contributed by atoms with Crippen LogP contribution < -0.4 is 19.1 Å². The van der Waals surface area contributed by atoms with Crippen molar-refractivity contribution in [3.8, 4) is 17.2 Å². The van der Waals surface area contributed by atoms with Gasteiger partial charge in [-0.1, -0.05) is 46.9 Å². The van der Waals surface area contributed by atoms with Crippen molar-refractivity contribution in [1.82, 2.24) is 0 Å². The Bertz CT molecular complexity index is 1430. The number of nitrogens with zero attached hydrogens (tertiary/aromatic N) is 1. The number of benzene rings is 3. The summed E-state index contributed by atoms with van der Waals surface area (Å²) in [5.41, 5.74) is 1.59. The molecule has 10 heteroatoms. The minimum atomic E-state index is -1.03. The van der Waals surface area contributed by atoms with Crippen molar-refractivity contribution >= 4 is 57.9 Å². The molecule has 1 aliphatic rings. The number of hydrogen-bond donors (Lipinski definition) is 1. The van der Waals surface area contributed by atoms with Gasteiger partial charge >= 0.3 is 0 Å². The SMILES string of the molecule is COc1ccc(C2/C(=C(\O)c3cc(Cl)c(OC)c(Cl)c3)C(=O)C(=O)N2c2cc(Cl)ccc2C)cc1OC. The second-order valence-corrected chi connectivity index (χ2v) is 9.44. The van der Waals surface area contributed by atoms with Gasteiger partial charge in [-0.25, -0.2) is 0 Å². The molecule has 37 heavy (non-hydrogen) atoms. The molecule has 3 aromatic carbocycles. The van der Waals surface area contributed by atoms with Crippen LogP contribution in [-0.2, 0) is 9.59 Å². The molecule has 1 saturated heterocycles. The molecule has 192 valence electrons. The molecular weight excluding hydrogens is 541 g/mol. The van der Waals surface area contributed by atoms with Crippen LogP contribution >= 0.6 is 34.8 Å².